The van der Waals surface area contributed by atoms with Crippen molar-refractivity contribution in [3.63, 3.8) is 0 Å². The lowest BCUT2D eigenvalue weighted by molar-refractivity contribution is -0.385. The predicted octanol–water partition coefficient (Wildman–Crippen LogP) is 3.20. The van der Waals surface area contributed by atoms with Crippen molar-refractivity contribution >= 4 is 17.6 Å². The minimum atomic E-state index is -1.08. The SMILES string of the molecule is CC1(C(=O)O)C=CC=C(C(=O)O)C1.Cc1cc(Cn2cccn2)ccc1[N+](=O)[O-]. The monoisotopic (exact) mass is 399 g/mol. The van der Waals surface area contributed by atoms with E-state index in [-0.39, 0.29) is 22.6 Å². The molecule has 0 aliphatic heterocycles. The van der Waals surface area contributed by atoms with Gasteiger partial charge >= 0.3 is 11.9 Å². The molecule has 2 N–H and O–H groups in total. The summed E-state index contributed by atoms with van der Waals surface area (Å²) in [5.41, 5.74) is 0.890. The van der Waals surface area contributed by atoms with E-state index in [1.807, 2.05) is 18.3 Å². The van der Waals surface area contributed by atoms with Crippen LogP contribution in [0.2, 0.25) is 0 Å². The maximum absolute atomic E-state index is 10.8. The summed E-state index contributed by atoms with van der Waals surface area (Å²) in [7, 11) is 0. The summed E-state index contributed by atoms with van der Waals surface area (Å²) in [5.74, 6) is -2.06. The Balaban J connectivity index is 0.000000212. The van der Waals surface area contributed by atoms with Gasteiger partial charge in [-0.3, -0.25) is 19.6 Å². The Labute approximate surface area is 166 Å². The van der Waals surface area contributed by atoms with Crippen molar-refractivity contribution in [2.24, 2.45) is 5.41 Å². The Morgan fingerprint density at radius 2 is 2.07 bits per heavy atom. The second-order valence-electron chi connectivity index (χ2n) is 6.84. The van der Waals surface area contributed by atoms with Crippen LogP contribution in [0.15, 0.2) is 60.5 Å². The summed E-state index contributed by atoms with van der Waals surface area (Å²) in [6.07, 6.45) is 8.00. The molecule has 1 aromatic carbocycles. The lowest BCUT2D eigenvalue weighted by atomic mass is 9.80. The van der Waals surface area contributed by atoms with Gasteiger partial charge in [-0.25, -0.2) is 4.79 Å². The number of carbonyl (C=O) groups is 2. The molecule has 9 heteroatoms. The Kier molecular flexibility index (Phi) is 6.66. The van der Waals surface area contributed by atoms with E-state index in [0.717, 1.165) is 5.56 Å². The minimum Gasteiger partial charge on any atom is -0.481 e. The van der Waals surface area contributed by atoms with Gasteiger partial charge in [-0.1, -0.05) is 24.3 Å². The van der Waals surface area contributed by atoms with E-state index in [1.54, 1.807) is 23.9 Å². The van der Waals surface area contributed by atoms with Gasteiger partial charge < -0.3 is 10.2 Å². The first-order valence-electron chi connectivity index (χ1n) is 8.69. The van der Waals surface area contributed by atoms with Crippen molar-refractivity contribution in [1.82, 2.24) is 9.78 Å². The van der Waals surface area contributed by atoms with E-state index in [0.29, 0.717) is 12.1 Å². The van der Waals surface area contributed by atoms with Crippen LogP contribution < -0.4 is 0 Å². The number of nitro groups is 1. The van der Waals surface area contributed by atoms with Crippen LogP contribution in [-0.2, 0) is 16.1 Å². The van der Waals surface area contributed by atoms with Crippen molar-refractivity contribution in [2.75, 3.05) is 0 Å². The molecule has 152 valence electrons. The number of nitro benzene ring substituents is 1. The van der Waals surface area contributed by atoms with Crippen molar-refractivity contribution in [3.05, 3.63) is 81.7 Å². The van der Waals surface area contributed by atoms with Crippen LogP contribution in [0.5, 0.6) is 0 Å². The summed E-state index contributed by atoms with van der Waals surface area (Å²) < 4.78 is 1.78. The van der Waals surface area contributed by atoms with Gasteiger partial charge in [0.1, 0.15) is 0 Å². The lowest BCUT2D eigenvalue weighted by Gasteiger charge is -2.23. The van der Waals surface area contributed by atoms with Crippen LogP contribution in [-0.4, -0.2) is 36.9 Å². The first-order chi connectivity index (χ1) is 13.6. The third-order valence-corrected chi connectivity index (χ3v) is 4.44. The van der Waals surface area contributed by atoms with Crippen molar-refractivity contribution in [1.29, 1.82) is 0 Å². The highest BCUT2D eigenvalue weighted by atomic mass is 16.6. The van der Waals surface area contributed by atoms with Crippen LogP contribution in [0.1, 0.15) is 24.5 Å². The van der Waals surface area contributed by atoms with Crippen LogP contribution in [0.25, 0.3) is 0 Å². The second-order valence-corrected chi connectivity index (χ2v) is 6.84. The molecule has 9 nitrogen and oxygen atoms in total. The molecule has 1 unspecified atom stereocenters. The van der Waals surface area contributed by atoms with E-state index >= 15 is 0 Å². The number of allylic oxidation sites excluding steroid dienone is 2. The van der Waals surface area contributed by atoms with Crippen molar-refractivity contribution in [2.45, 2.75) is 26.8 Å². The molecule has 0 saturated carbocycles. The molecule has 0 amide bonds. The number of aliphatic carboxylic acids is 2. The van der Waals surface area contributed by atoms with Gasteiger partial charge in [0.2, 0.25) is 0 Å². The fourth-order valence-corrected chi connectivity index (χ4v) is 2.79. The van der Waals surface area contributed by atoms with Gasteiger partial charge in [-0.05, 0) is 38.0 Å². The number of hydrogen-bond acceptors (Lipinski definition) is 5. The largest absolute Gasteiger partial charge is 0.481 e. The Morgan fingerprint density at radius 3 is 2.59 bits per heavy atom. The molecule has 0 spiro atoms. The third kappa shape index (κ3) is 5.61. The summed E-state index contributed by atoms with van der Waals surface area (Å²) in [4.78, 5) is 31.6. The predicted molar refractivity (Wildman–Crippen MR) is 104 cm³/mol. The molecule has 1 aliphatic carbocycles. The first kappa shape index (κ1) is 21.5. The number of aromatic nitrogens is 2. The summed E-state index contributed by atoms with van der Waals surface area (Å²) in [5, 5.41) is 32.2. The van der Waals surface area contributed by atoms with Gasteiger partial charge in [0.15, 0.2) is 0 Å². The Hall–Kier alpha value is -3.75. The van der Waals surface area contributed by atoms with Crippen molar-refractivity contribution in [3.8, 4) is 0 Å². The molecule has 0 radical (unpaired) electrons. The molecule has 3 rings (SSSR count). The van der Waals surface area contributed by atoms with E-state index in [2.05, 4.69) is 5.10 Å². The smallest absolute Gasteiger partial charge is 0.331 e. The summed E-state index contributed by atoms with van der Waals surface area (Å²) in [6.45, 7) is 3.87. The molecule has 0 saturated heterocycles. The number of aryl methyl sites for hydroxylation is 1. The first-order valence-corrected chi connectivity index (χ1v) is 8.69. The standard InChI is InChI=1S/C11H11N3O2.C9H10O4/c1-9-7-10(3-4-11(9)14(15)16)8-13-6-2-5-12-13;1-9(8(12)13)4-2-3-6(5-9)7(10)11/h2-7H,8H2,1H3;2-4H,5H2,1H3,(H,10,11)(H,12,13). The van der Waals surface area contributed by atoms with E-state index in [1.165, 1.54) is 31.2 Å². The number of carboxylic acids is 2. The quantitative estimate of drug-likeness (QED) is 0.582. The molecule has 1 aromatic heterocycles. The van der Waals surface area contributed by atoms with Crippen LogP contribution in [0.4, 0.5) is 5.69 Å². The number of benzene rings is 1. The maximum atomic E-state index is 10.8. The zero-order valence-corrected chi connectivity index (χ0v) is 16.0. The topological polar surface area (TPSA) is 136 Å². The molecule has 29 heavy (non-hydrogen) atoms. The Bertz CT molecular complexity index is 978. The fourth-order valence-electron chi connectivity index (χ4n) is 2.79. The fraction of sp³-hybridized carbons (Fsp3) is 0.250. The average Bonchev–Trinajstić information content (AvgIpc) is 3.15. The zero-order valence-electron chi connectivity index (χ0n) is 16.0. The van der Waals surface area contributed by atoms with Gasteiger partial charge in [-0.15, -0.1) is 0 Å². The van der Waals surface area contributed by atoms with E-state index in [4.69, 9.17) is 10.2 Å². The van der Waals surface area contributed by atoms with Crippen LogP contribution in [0.3, 0.4) is 0 Å². The summed E-state index contributed by atoms with van der Waals surface area (Å²) >= 11 is 0. The van der Waals surface area contributed by atoms with Crippen LogP contribution >= 0.6 is 0 Å². The lowest BCUT2D eigenvalue weighted by Crippen LogP contribution is -2.28. The molecule has 0 fully saturated rings. The van der Waals surface area contributed by atoms with Crippen LogP contribution in [0, 0.1) is 22.5 Å². The number of hydrogen-bond donors (Lipinski definition) is 2. The molecule has 1 heterocycles. The normalized spacial score (nSPS) is 17.7. The number of rotatable bonds is 5. The number of nitrogens with zero attached hydrogens (tertiary/aromatic N) is 3. The highest BCUT2D eigenvalue weighted by Gasteiger charge is 2.34. The molecule has 1 aliphatic rings. The highest BCUT2D eigenvalue weighted by Crippen LogP contribution is 2.31. The molecule has 0 bridgehead atoms. The Morgan fingerprint density at radius 1 is 1.34 bits per heavy atom. The highest BCUT2D eigenvalue weighted by molar-refractivity contribution is 5.90. The third-order valence-electron chi connectivity index (χ3n) is 4.44. The zero-order chi connectivity index (χ0) is 21.6. The molecular formula is C20H21N3O6. The maximum Gasteiger partial charge on any atom is 0.331 e. The number of carboxylic acid groups (broad SMARTS) is 2. The van der Waals surface area contributed by atoms with Gasteiger partial charge in [-0.2, -0.15) is 5.10 Å². The van der Waals surface area contributed by atoms with Gasteiger partial charge in [0.05, 0.1) is 16.9 Å². The van der Waals surface area contributed by atoms with E-state index < -0.39 is 17.4 Å². The minimum absolute atomic E-state index is 0.0359. The van der Waals surface area contributed by atoms with E-state index in [9.17, 15) is 19.7 Å². The van der Waals surface area contributed by atoms with Gasteiger partial charge in [0.25, 0.3) is 5.69 Å². The average molecular weight is 399 g/mol. The summed E-state index contributed by atoms with van der Waals surface area (Å²) in [6, 6.07) is 6.96. The second kappa shape index (κ2) is 8.96. The van der Waals surface area contributed by atoms with Crippen molar-refractivity contribution < 1.29 is 24.7 Å². The van der Waals surface area contributed by atoms with Gasteiger partial charge in [0, 0.05) is 29.6 Å². The molecule has 1 atom stereocenters. The molecule has 2 aromatic rings. The molecular weight excluding hydrogens is 378 g/mol.